The van der Waals surface area contributed by atoms with E-state index in [-0.39, 0.29) is 0 Å². The molecule has 0 N–H and O–H groups in total. The minimum Gasteiger partial charge on any atom is -0.126 e. The molecule has 16 heavy (non-hydrogen) atoms. The van der Waals surface area contributed by atoms with Gasteiger partial charge in [0.25, 0.3) is 0 Å². The fourth-order valence-electron chi connectivity index (χ4n) is 2.02. The lowest BCUT2D eigenvalue weighted by Gasteiger charge is -2.23. The molecule has 0 radical (unpaired) electrons. The summed E-state index contributed by atoms with van der Waals surface area (Å²) in [6, 6.07) is 9.75. The Morgan fingerprint density at radius 2 is 1.88 bits per heavy atom. The van der Waals surface area contributed by atoms with Crippen molar-refractivity contribution < 1.29 is 0 Å². The molecule has 0 aliphatic heterocycles. The van der Waals surface area contributed by atoms with Crippen LogP contribution in [0.1, 0.15) is 5.56 Å². The smallest absolute Gasteiger partial charge is 0.0445 e. The van der Waals surface area contributed by atoms with Crippen molar-refractivity contribution in [3.8, 4) is 0 Å². The Morgan fingerprint density at radius 1 is 1.25 bits per heavy atom. The van der Waals surface area contributed by atoms with E-state index < -0.39 is 8.07 Å². The van der Waals surface area contributed by atoms with Crippen molar-refractivity contribution in [3.05, 3.63) is 34.3 Å². The highest BCUT2D eigenvalue weighted by molar-refractivity contribution is 9.10. The van der Waals surface area contributed by atoms with E-state index in [0.29, 0.717) is 5.92 Å². The van der Waals surface area contributed by atoms with Crippen molar-refractivity contribution >= 4 is 35.6 Å². The first-order valence-electron chi connectivity index (χ1n) is 5.72. The zero-order valence-corrected chi connectivity index (χ0v) is 13.6. The third-order valence-corrected chi connectivity index (χ3v) is 5.60. The van der Waals surface area contributed by atoms with Gasteiger partial charge in [-0.25, -0.2) is 0 Å². The molecule has 0 amide bonds. The molecule has 0 bridgehead atoms. The van der Waals surface area contributed by atoms with E-state index >= 15 is 0 Å². The van der Waals surface area contributed by atoms with Gasteiger partial charge in [0.15, 0.2) is 0 Å². The predicted octanol–water partition coefficient (Wildman–Crippen LogP) is 5.18. The summed E-state index contributed by atoms with van der Waals surface area (Å²) in [6.07, 6.45) is 1.09. The van der Waals surface area contributed by atoms with Gasteiger partial charge in [0.05, 0.1) is 0 Å². The molecule has 3 heteroatoms. The van der Waals surface area contributed by atoms with Crippen LogP contribution in [0.2, 0.25) is 25.7 Å². The predicted molar refractivity (Wildman–Crippen MR) is 80.2 cm³/mol. The average Bonchev–Trinajstić information content (AvgIpc) is 2.18. The zero-order valence-electron chi connectivity index (χ0n) is 10.3. The largest absolute Gasteiger partial charge is 0.126 e. The molecular formula is C13H20BrClSi. The second-order valence-corrected chi connectivity index (χ2v) is 12.3. The zero-order chi connectivity index (χ0) is 12.2. The van der Waals surface area contributed by atoms with Gasteiger partial charge in [-0.2, -0.15) is 0 Å². The maximum atomic E-state index is 6.08. The van der Waals surface area contributed by atoms with E-state index in [0.717, 1.165) is 12.3 Å². The third kappa shape index (κ3) is 5.02. The van der Waals surface area contributed by atoms with Gasteiger partial charge in [0.1, 0.15) is 0 Å². The fraction of sp³-hybridized carbons (Fsp3) is 0.538. The van der Waals surface area contributed by atoms with Crippen LogP contribution in [-0.4, -0.2) is 14.0 Å². The summed E-state index contributed by atoms with van der Waals surface area (Å²) >= 11 is 9.68. The minimum atomic E-state index is -1.01. The Kier molecular flexibility index (Phi) is 5.55. The Labute approximate surface area is 114 Å². The van der Waals surface area contributed by atoms with Crippen LogP contribution in [-0.2, 0) is 6.42 Å². The van der Waals surface area contributed by atoms with Gasteiger partial charge in [0, 0.05) is 18.4 Å². The second kappa shape index (κ2) is 6.22. The molecule has 0 nitrogen and oxygen atoms in total. The van der Waals surface area contributed by atoms with Gasteiger partial charge in [-0.1, -0.05) is 59.8 Å². The van der Waals surface area contributed by atoms with Crippen LogP contribution in [0.5, 0.6) is 0 Å². The molecule has 0 fully saturated rings. The number of hydrogen-bond acceptors (Lipinski definition) is 0. The molecule has 1 rings (SSSR count). The molecule has 1 aromatic carbocycles. The van der Waals surface area contributed by atoms with Gasteiger partial charge < -0.3 is 0 Å². The molecule has 0 aliphatic carbocycles. The monoisotopic (exact) mass is 318 g/mol. The third-order valence-electron chi connectivity index (χ3n) is 2.59. The number of hydrogen-bond donors (Lipinski definition) is 0. The van der Waals surface area contributed by atoms with Crippen molar-refractivity contribution in [2.24, 2.45) is 5.92 Å². The quantitative estimate of drug-likeness (QED) is 0.518. The van der Waals surface area contributed by atoms with E-state index in [1.54, 1.807) is 0 Å². The molecule has 0 saturated carbocycles. The fourth-order valence-corrected chi connectivity index (χ4v) is 4.89. The highest BCUT2D eigenvalue weighted by atomic mass is 79.9. The van der Waals surface area contributed by atoms with Crippen molar-refractivity contribution in [3.63, 3.8) is 0 Å². The van der Waals surface area contributed by atoms with Crippen molar-refractivity contribution in [1.82, 2.24) is 0 Å². The van der Waals surface area contributed by atoms with Gasteiger partial charge in [-0.05, 0) is 24.0 Å². The van der Waals surface area contributed by atoms with Crippen LogP contribution in [0, 0.1) is 5.92 Å². The van der Waals surface area contributed by atoms with Gasteiger partial charge in [-0.3, -0.25) is 0 Å². The van der Waals surface area contributed by atoms with E-state index in [1.165, 1.54) is 16.1 Å². The first-order valence-corrected chi connectivity index (χ1v) is 10.8. The molecule has 0 aliphatic rings. The summed E-state index contributed by atoms with van der Waals surface area (Å²) in [5.74, 6) is 1.39. The SMILES string of the molecule is C[Si](C)(C)CC(CCl)Cc1ccccc1Br. The summed E-state index contributed by atoms with van der Waals surface area (Å²) in [4.78, 5) is 0. The highest BCUT2D eigenvalue weighted by Gasteiger charge is 2.20. The molecule has 1 atom stereocenters. The standard InChI is InChI=1S/C13H20BrClSi/c1-16(2,3)10-11(9-15)8-12-6-4-5-7-13(12)14/h4-7,11H,8-10H2,1-3H3. The van der Waals surface area contributed by atoms with Crippen LogP contribution in [0.4, 0.5) is 0 Å². The number of halogens is 2. The lowest BCUT2D eigenvalue weighted by molar-refractivity contribution is 0.641. The van der Waals surface area contributed by atoms with Crippen LogP contribution >= 0.6 is 27.5 Å². The maximum absolute atomic E-state index is 6.08. The molecule has 90 valence electrons. The lowest BCUT2D eigenvalue weighted by Crippen LogP contribution is -2.25. The normalized spacial score (nSPS) is 13.8. The van der Waals surface area contributed by atoms with Crippen LogP contribution in [0.3, 0.4) is 0 Å². The minimum absolute atomic E-state index is 0.618. The van der Waals surface area contributed by atoms with Crippen molar-refractivity contribution in [2.45, 2.75) is 32.1 Å². The molecule has 0 heterocycles. The Hall–Kier alpha value is 0.207. The molecule has 1 unspecified atom stereocenters. The molecular weight excluding hydrogens is 300 g/mol. The first kappa shape index (κ1) is 14.3. The summed E-state index contributed by atoms with van der Waals surface area (Å²) in [5, 5.41) is 0. The molecule has 1 aromatic rings. The Morgan fingerprint density at radius 3 is 2.38 bits per heavy atom. The van der Waals surface area contributed by atoms with Crippen molar-refractivity contribution in [1.29, 1.82) is 0 Å². The van der Waals surface area contributed by atoms with E-state index in [9.17, 15) is 0 Å². The van der Waals surface area contributed by atoms with Gasteiger partial charge >= 0.3 is 0 Å². The van der Waals surface area contributed by atoms with E-state index in [1.807, 2.05) is 0 Å². The maximum Gasteiger partial charge on any atom is 0.0445 e. The summed E-state index contributed by atoms with van der Waals surface area (Å²) in [7, 11) is -1.01. The number of alkyl halides is 1. The van der Waals surface area contributed by atoms with E-state index in [4.69, 9.17) is 11.6 Å². The molecule has 0 spiro atoms. The lowest BCUT2D eigenvalue weighted by atomic mass is 10.0. The Balaban J connectivity index is 2.67. The van der Waals surface area contributed by atoms with Crippen LogP contribution in [0.25, 0.3) is 0 Å². The summed E-state index contributed by atoms with van der Waals surface area (Å²) in [5.41, 5.74) is 1.38. The topological polar surface area (TPSA) is 0 Å². The Bertz CT molecular complexity index is 333. The van der Waals surface area contributed by atoms with Gasteiger partial charge in [0.2, 0.25) is 0 Å². The number of benzene rings is 1. The summed E-state index contributed by atoms with van der Waals surface area (Å²) in [6.45, 7) is 7.23. The van der Waals surface area contributed by atoms with Crippen molar-refractivity contribution in [2.75, 3.05) is 5.88 Å². The second-order valence-electron chi connectivity index (χ2n) is 5.58. The molecule has 0 aromatic heterocycles. The van der Waals surface area contributed by atoms with Gasteiger partial charge in [-0.15, -0.1) is 11.6 Å². The van der Waals surface area contributed by atoms with E-state index in [2.05, 4.69) is 59.8 Å². The highest BCUT2D eigenvalue weighted by Crippen LogP contribution is 2.25. The van der Waals surface area contributed by atoms with Crippen LogP contribution in [0.15, 0.2) is 28.7 Å². The summed E-state index contributed by atoms with van der Waals surface area (Å²) < 4.78 is 1.21. The van der Waals surface area contributed by atoms with Crippen LogP contribution < -0.4 is 0 Å². The molecule has 0 saturated heterocycles. The number of rotatable bonds is 5. The first-order chi connectivity index (χ1) is 7.42. The average molecular weight is 320 g/mol.